The van der Waals surface area contributed by atoms with Crippen LogP contribution in [0.3, 0.4) is 0 Å². The van der Waals surface area contributed by atoms with Gasteiger partial charge in [0, 0.05) is 0 Å². The van der Waals surface area contributed by atoms with Gasteiger partial charge in [0.2, 0.25) is 0 Å². The topological polar surface area (TPSA) is 38.3 Å². The summed E-state index contributed by atoms with van der Waals surface area (Å²) in [5.74, 6) is 0.694. The van der Waals surface area contributed by atoms with Gasteiger partial charge in [0.1, 0.15) is 5.75 Å². The highest BCUT2D eigenvalue weighted by Crippen LogP contribution is 2.22. The van der Waals surface area contributed by atoms with Crippen molar-refractivity contribution < 1.29 is 9.53 Å². The first-order valence-corrected chi connectivity index (χ1v) is 8.93. The predicted octanol–water partition coefficient (Wildman–Crippen LogP) is 4.96. The van der Waals surface area contributed by atoms with Gasteiger partial charge in [0.05, 0.1) is 6.04 Å². The predicted molar refractivity (Wildman–Crippen MR) is 103 cm³/mol. The van der Waals surface area contributed by atoms with Crippen molar-refractivity contribution >= 4 is 5.91 Å². The Morgan fingerprint density at radius 2 is 1.72 bits per heavy atom. The molecule has 0 radical (unpaired) electrons. The van der Waals surface area contributed by atoms with Crippen LogP contribution < -0.4 is 10.1 Å². The van der Waals surface area contributed by atoms with Crippen molar-refractivity contribution in [2.75, 3.05) is 0 Å². The van der Waals surface area contributed by atoms with Gasteiger partial charge in [-0.2, -0.15) is 0 Å². The minimum Gasteiger partial charge on any atom is -0.480 e. The molecule has 134 valence electrons. The van der Waals surface area contributed by atoms with Crippen LogP contribution in [0.25, 0.3) is 0 Å². The quantitative estimate of drug-likeness (QED) is 0.808. The second-order valence-corrected chi connectivity index (χ2v) is 6.86. The molecule has 0 aliphatic heterocycles. The number of hydrogen-bond acceptors (Lipinski definition) is 2. The van der Waals surface area contributed by atoms with E-state index in [4.69, 9.17) is 4.74 Å². The molecule has 3 nitrogen and oxygen atoms in total. The Balaban J connectivity index is 2.07. The summed E-state index contributed by atoms with van der Waals surface area (Å²) < 4.78 is 5.98. The van der Waals surface area contributed by atoms with Crippen molar-refractivity contribution in [2.45, 2.75) is 60.1 Å². The second-order valence-electron chi connectivity index (χ2n) is 6.86. The summed E-state index contributed by atoms with van der Waals surface area (Å²) in [4.78, 5) is 12.7. The Bertz CT molecular complexity index is 752. The lowest BCUT2D eigenvalue weighted by atomic mass is 10.0. The monoisotopic (exact) mass is 339 g/mol. The number of amides is 1. The van der Waals surface area contributed by atoms with E-state index < -0.39 is 6.10 Å². The maximum absolute atomic E-state index is 12.7. The van der Waals surface area contributed by atoms with Crippen LogP contribution in [-0.2, 0) is 4.79 Å². The first kappa shape index (κ1) is 19.0. The molecule has 25 heavy (non-hydrogen) atoms. The van der Waals surface area contributed by atoms with Crippen LogP contribution in [-0.4, -0.2) is 12.0 Å². The Hall–Kier alpha value is -2.29. The Labute approximate surface area is 151 Å². The van der Waals surface area contributed by atoms with Gasteiger partial charge >= 0.3 is 0 Å². The zero-order chi connectivity index (χ0) is 18.6. The lowest BCUT2D eigenvalue weighted by Gasteiger charge is -2.22. The molecule has 1 N–H and O–H groups in total. The van der Waals surface area contributed by atoms with Crippen LogP contribution in [0.15, 0.2) is 36.4 Å². The maximum atomic E-state index is 12.7. The summed E-state index contributed by atoms with van der Waals surface area (Å²) in [7, 11) is 0. The van der Waals surface area contributed by atoms with Gasteiger partial charge in [0.25, 0.3) is 5.91 Å². The molecule has 0 aliphatic rings. The Kier molecular flexibility index (Phi) is 6.24. The molecule has 3 heteroatoms. The molecule has 1 amide bonds. The summed E-state index contributed by atoms with van der Waals surface area (Å²) in [6, 6.07) is 12.3. The molecule has 0 aliphatic carbocycles. The highest BCUT2D eigenvalue weighted by Gasteiger charge is 2.21. The number of benzene rings is 2. The van der Waals surface area contributed by atoms with Crippen LogP contribution in [0, 0.1) is 27.7 Å². The smallest absolute Gasteiger partial charge is 0.261 e. The van der Waals surface area contributed by atoms with Crippen LogP contribution in [0.1, 0.15) is 54.1 Å². The van der Waals surface area contributed by atoms with E-state index in [2.05, 4.69) is 43.4 Å². The third kappa shape index (κ3) is 4.85. The number of nitrogens with one attached hydrogen (secondary N) is 1. The fraction of sp³-hybridized carbons (Fsp3) is 0.409. The SMILES string of the molecule is CCC(Oc1ccc(C)cc1C)C(=O)NC(C)c1ccc(C)c(C)c1. The summed E-state index contributed by atoms with van der Waals surface area (Å²) in [6.07, 6.45) is 0.133. The van der Waals surface area contributed by atoms with Gasteiger partial charge in [0.15, 0.2) is 6.10 Å². The molecule has 0 saturated heterocycles. The van der Waals surface area contributed by atoms with Crippen molar-refractivity contribution in [3.05, 3.63) is 64.2 Å². The highest BCUT2D eigenvalue weighted by atomic mass is 16.5. The Morgan fingerprint density at radius 3 is 2.32 bits per heavy atom. The minimum atomic E-state index is -0.490. The molecule has 0 saturated carbocycles. The number of carbonyl (C=O) groups excluding carboxylic acids is 1. The highest BCUT2D eigenvalue weighted by molar-refractivity contribution is 5.81. The molecule has 0 heterocycles. The zero-order valence-electron chi connectivity index (χ0n) is 16.1. The van der Waals surface area contributed by atoms with Crippen molar-refractivity contribution in [3.8, 4) is 5.75 Å². The first-order chi connectivity index (χ1) is 11.8. The lowest BCUT2D eigenvalue weighted by molar-refractivity contribution is -0.128. The zero-order valence-corrected chi connectivity index (χ0v) is 16.1. The van der Waals surface area contributed by atoms with Gasteiger partial charge in [-0.15, -0.1) is 0 Å². The maximum Gasteiger partial charge on any atom is 0.261 e. The van der Waals surface area contributed by atoms with Gasteiger partial charge < -0.3 is 10.1 Å². The standard InChI is InChI=1S/C22H29NO2/c1-7-20(25-21-11-8-14(2)12-17(21)5)22(24)23-18(6)19-10-9-15(3)16(4)13-19/h8-13,18,20H,7H2,1-6H3,(H,23,24). The molecule has 0 spiro atoms. The van der Waals surface area contributed by atoms with Gasteiger partial charge in [-0.1, -0.05) is 42.8 Å². The molecule has 2 unspecified atom stereocenters. The minimum absolute atomic E-state index is 0.0523. The van der Waals surface area contributed by atoms with Crippen molar-refractivity contribution in [1.82, 2.24) is 5.32 Å². The molecular formula is C22H29NO2. The third-order valence-corrected chi connectivity index (χ3v) is 4.65. The van der Waals surface area contributed by atoms with E-state index >= 15 is 0 Å². The van der Waals surface area contributed by atoms with Gasteiger partial charge in [-0.25, -0.2) is 0 Å². The van der Waals surface area contributed by atoms with E-state index in [9.17, 15) is 4.79 Å². The van der Waals surface area contributed by atoms with E-state index in [0.717, 1.165) is 16.9 Å². The fourth-order valence-electron chi connectivity index (χ4n) is 2.83. The lowest BCUT2D eigenvalue weighted by Crippen LogP contribution is -2.39. The van der Waals surface area contributed by atoms with Crippen molar-refractivity contribution in [3.63, 3.8) is 0 Å². The van der Waals surface area contributed by atoms with Gasteiger partial charge in [-0.3, -0.25) is 4.79 Å². The molecule has 0 fully saturated rings. The molecule has 2 aromatic carbocycles. The summed E-state index contributed by atoms with van der Waals surface area (Å²) in [5, 5.41) is 3.08. The number of aryl methyl sites for hydroxylation is 4. The normalized spacial score (nSPS) is 13.2. The number of rotatable bonds is 6. The molecular weight excluding hydrogens is 310 g/mol. The second kappa shape index (κ2) is 8.19. The largest absolute Gasteiger partial charge is 0.480 e. The summed E-state index contributed by atoms with van der Waals surface area (Å²) in [5.41, 5.74) is 5.83. The van der Waals surface area contributed by atoms with E-state index in [-0.39, 0.29) is 11.9 Å². The average Bonchev–Trinajstić information content (AvgIpc) is 2.56. The summed E-state index contributed by atoms with van der Waals surface area (Å²) in [6.45, 7) is 12.2. The summed E-state index contributed by atoms with van der Waals surface area (Å²) >= 11 is 0. The van der Waals surface area contributed by atoms with Crippen LogP contribution in [0.4, 0.5) is 0 Å². The molecule has 0 bridgehead atoms. The fourth-order valence-corrected chi connectivity index (χ4v) is 2.83. The molecule has 0 aromatic heterocycles. The van der Waals surface area contributed by atoms with Crippen molar-refractivity contribution in [1.29, 1.82) is 0 Å². The molecule has 2 atom stereocenters. The van der Waals surface area contributed by atoms with E-state index in [1.165, 1.54) is 16.7 Å². The van der Waals surface area contributed by atoms with Gasteiger partial charge in [-0.05, 0) is 69.4 Å². The van der Waals surface area contributed by atoms with E-state index in [0.29, 0.717) is 6.42 Å². The van der Waals surface area contributed by atoms with Crippen LogP contribution >= 0.6 is 0 Å². The average molecular weight is 339 g/mol. The van der Waals surface area contributed by atoms with Crippen LogP contribution in [0.5, 0.6) is 5.75 Å². The van der Waals surface area contributed by atoms with Crippen LogP contribution in [0.2, 0.25) is 0 Å². The number of carbonyl (C=O) groups is 1. The van der Waals surface area contributed by atoms with Crippen molar-refractivity contribution in [2.24, 2.45) is 0 Å². The third-order valence-electron chi connectivity index (χ3n) is 4.65. The number of ether oxygens (including phenoxy) is 1. The molecule has 2 aromatic rings. The molecule has 2 rings (SSSR count). The van der Waals surface area contributed by atoms with E-state index in [1.54, 1.807) is 0 Å². The van der Waals surface area contributed by atoms with E-state index in [1.807, 2.05) is 39.8 Å². The first-order valence-electron chi connectivity index (χ1n) is 8.93. The number of hydrogen-bond donors (Lipinski definition) is 1. The Morgan fingerprint density at radius 1 is 1.00 bits per heavy atom.